The molecule has 1 heterocycles. The van der Waals surface area contributed by atoms with Crippen molar-refractivity contribution >= 4 is 25.8 Å². The Morgan fingerprint density at radius 3 is 2.79 bits per heavy atom. The van der Waals surface area contributed by atoms with Crippen molar-refractivity contribution in [3.05, 3.63) is 34.1 Å². The Morgan fingerprint density at radius 2 is 2.26 bits per heavy atom. The number of halogens is 2. The molecule has 1 saturated heterocycles. The topological polar surface area (TPSA) is 46.2 Å². The van der Waals surface area contributed by atoms with E-state index in [0.29, 0.717) is 10.9 Å². The molecular weight excluding hydrogens is 333 g/mol. The lowest BCUT2D eigenvalue weighted by Crippen LogP contribution is -2.29. The summed E-state index contributed by atoms with van der Waals surface area (Å²) in [4.78, 5) is 0. The molecule has 1 N–H and O–H groups in total. The van der Waals surface area contributed by atoms with E-state index < -0.39 is 9.84 Å². The van der Waals surface area contributed by atoms with E-state index in [-0.39, 0.29) is 29.3 Å². The van der Waals surface area contributed by atoms with Crippen molar-refractivity contribution in [3.63, 3.8) is 0 Å². The van der Waals surface area contributed by atoms with Crippen LogP contribution in [0.2, 0.25) is 0 Å². The van der Waals surface area contributed by atoms with Gasteiger partial charge in [0.05, 0.1) is 16.0 Å². The van der Waals surface area contributed by atoms with Crippen molar-refractivity contribution in [1.29, 1.82) is 0 Å². The van der Waals surface area contributed by atoms with Gasteiger partial charge < -0.3 is 5.32 Å². The summed E-state index contributed by atoms with van der Waals surface area (Å²) in [5, 5.41) is 3.32. The average Bonchev–Trinajstić information content (AvgIpc) is 2.70. The second-order valence-corrected chi connectivity index (χ2v) is 7.96. The molecule has 1 aliphatic heterocycles. The molecule has 19 heavy (non-hydrogen) atoms. The van der Waals surface area contributed by atoms with Crippen molar-refractivity contribution in [3.8, 4) is 0 Å². The minimum absolute atomic E-state index is 0.0424. The summed E-state index contributed by atoms with van der Waals surface area (Å²) in [5.41, 5.74) is 0.928. The molecule has 0 bridgehead atoms. The first-order valence-corrected chi connectivity index (χ1v) is 8.93. The highest BCUT2D eigenvalue weighted by Gasteiger charge is 2.34. The predicted molar refractivity (Wildman–Crippen MR) is 77.3 cm³/mol. The fraction of sp³-hybridized carbons (Fsp3) is 0.538. The van der Waals surface area contributed by atoms with Gasteiger partial charge in [0.2, 0.25) is 0 Å². The Labute approximate surface area is 121 Å². The molecule has 2 unspecified atom stereocenters. The normalized spacial score (nSPS) is 23.4. The van der Waals surface area contributed by atoms with Crippen LogP contribution in [-0.4, -0.2) is 26.5 Å². The van der Waals surface area contributed by atoms with E-state index in [9.17, 15) is 12.8 Å². The predicted octanol–water partition coefficient (Wildman–Crippen LogP) is 2.67. The molecule has 106 valence electrons. The molecular formula is C13H17BrFNO2S. The summed E-state index contributed by atoms with van der Waals surface area (Å²) in [6.45, 7) is 2.73. The molecule has 1 aromatic rings. The molecule has 0 saturated carbocycles. The van der Waals surface area contributed by atoms with E-state index in [0.717, 1.165) is 12.1 Å². The minimum atomic E-state index is -2.91. The Morgan fingerprint density at radius 1 is 1.53 bits per heavy atom. The molecule has 6 heteroatoms. The van der Waals surface area contributed by atoms with Crippen LogP contribution < -0.4 is 5.32 Å². The summed E-state index contributed by atoms with van der Waals surface area (Å²) in [7, 11) is -2.91. The van der Waals surface area contributed by atoms with Crippen LogP contribution in [0.3, 0.4) is 0 Å². The van der Waals surface area contributed by atoms with Gasteiger partial charge in [-0.3, -0.25) is 0 Å². The van der Waals surface area contributed by atoms with E-state index in [1.807, 2.05) is 6.92 Å². The summed E-state index contributed by atoms with van der Waals surface area (Å²) in [6.07, 6.45) is 0.662. The second-order valence-electron chi connectivity index (χ2n) is 4.87. The fourth-order valence-electron chi connectivity index (χ4n) is 2.57. The van der Waals surface area contributed by atoms with Gasteiger partial charge in [-0.15, -0.1) is 0 Å². The van der Waals surface area contributed by atoms with E-state index >= 15 is 0 Å². The molecule has 3 nitrogen and oxygen atoms in total. The Kier molecular flexibility index (Phi) is 4.63. The molecule has 2 rings (SSSR count). The van der Waals surface area contributed by atoms with Gasteiger partial charge in [-0.05, 0) is 52.5 Å². The van der Waals surface area contributed by atoms with Crippen LogP contribution in [0.4, 0.5) is 4.39 Å². The number of hydrogen-bond donors (Lipinski definition) is 1. The largest absolute Gasteiger partial charge is 0.310 e. The first kappa shape index (κ1) is 14.9. The third-order valence-electron chi connectivity index (χ3n) is 3.47. The maximum Gasteiger partial charge on any atom is 0.150 e. The first-order chi connectivity index (χ1) is 8.93. The third-order valence-corrected chi connectivity index (χ3v) is 5.87. The maximum atomic E-state index is 13.3. The SMILES string of the molecule is CCNC(c1ccc(F)c(Br)c1)C1CCS(=O)(=O)C1. The van der Waals surface area contributed by atoms with Crippen LogP contribution >= 0.6 is 15.9 Å². The number of rotatable bonds is 4. The Bertz CT molecular complexity index is 562. The van der Waals surface area contributed by atoms with Crippen LogP contribution in [0, 0.1) is 11.7 Å². The molecule has 0 spiro atoms. The zero-order valence-corrected chi connectivity index (χ0v) is 13.1. The van der Waals surface area contributed by atoms with Crippen LogP contribution in [0.15, 0.2) is 22.7 Å². The van der Waals surface area contributed by atoms with Gasteiger partial charge in [-0.2, -0.15) is 0 Å². The van der Waals surface area contributed by atoms with Gasteiger partial charge in [0, 0.05) is 6.04 Å². The van der Waals surface area contributed by atoms with Gasteiger partial charge >= 0.3 is 0 Å². The standard InChI is InChI=1S/C13H17BrFNO2S/c1-2-16-13(10-5-6-19(17,18)8-10)9-3-4-12(15)11(14)7-9/h3-4,7,10,13,16H,2,5-6,8H2,1H3. The Hall–Kier alpha value is -0.460. The maximum absolute atomic E-state index is 13.3. The molecule has 0 aromatic heterocycles. The van der Waals surface area contributed by atoms with Crippen molar-refractivity contribution in [2.24, 2.45) is 5.92 Å². The quantitative estimate of drug-likeness (QED) is 0.908. The van der Waals surface area contributed by atoms with Gasteiger partial charge in [-0.1, -0.05) is 13.0 Å². The number of hydrogen-bond acceptors (Lipinski definition) is 3. The fourth-order valence-corrected chi connectivity index (χ4v) is 4.81. The lowest BCUT2D eigenvalue weighted by atomic mass is 9.92. The molecule has 0 amide bonds. The van der Waals surface area contributed by atoms with E-state index in [1.54, 1.807) is 12.1 Å². The molecule has 1 aliphatic rings. The van der Waals surface area contributed by atoms with Crippen LogP contribution in [0.25, 0.3) is 0 Å². The lowest BCUT2D eigenvalue weighted by Gasteiger charge is -2.24. The third kappa shape index (κ3) is 3.55. The highest BCUT2D eigenvalue weighted by atomic mass is 79.9. The van der Waals surface area contributed by atoms with Crippen molar-refractivity contribution < 1.29 is 12.8 Å². The summed E-state index contributed by atoms with van der Waals surface area (Å²) < 4.78 is 36.9. The zero-order valence-electron chi connectivity index (χ0n) is 10.7. The highest BCUT2D eigenvalue weighted by Crippen LogP contribution is 2.33. The lowest BCUT2D eigenvalue weighted by molar-refractivity contribution is 0.399. The minimum Gasteiger partial charge on any atom is -0.310 e. The van der Waals surface area contributed by atoms with Gasteiger partial charge in [0.25, 0.3) is 0 Å². The van der Waals surface area contributed by atoms with E-state index in [1.165, 1.54) is 6.07 Å². The number of nitrogens with one attached hydrogen (secondary N) is 1. The Balaban J connectivity index is 2.27. The van der Waals surface area contributed by atoms with E-state index in [4.69, 9.17) is 0 Å². The monoisotopic (exact) mass is 349 g/mol. The smallest absolute Gasteiger partial charge is 0.150 e. The van der Waals surface area contributed by atoms with E-state index in [2.05, 4.69) is 21.2 Å². The summed E-state index contributed by atoms with van der Waals surface area (Å²) >= 11 is 3.18. The zero-order chi connectivity index (χ0) is 14.0. The molecule has 1 aromatic carbocycles. The second kappa shape index (κ2) is 5.89. The summed E-state index contributed by atoms with van der Waals surface area (Å²) in [5.74, 6) is 0.210. The average molecular weight is 350 g/mol. The number of sulfone groups is 1. The van der Waals surface area contributed by atoms with Crippen LogP contribution in [-0.2, 0) is 9.84 Å². The molecule has 2 atom stereocenters. The van der Waals surface area contributed by atoms with Crippen molar-refractivity contribution in [2.45, 2.75) is 19.4 Å². The van der Waals surface area contributed by atoms with Crippen LogP contribution in [0.5, 0.6) is 0 Å². The first-order valence-electron chi connectivity index (χ1n) is 6.31. The van der Waals surface area contributed by atoms with Crippen LogP contribution in [0.1, 0.15) is 24.9 Å². The van der Waals surface area contributed by atoms with Gasteiger partial charge in [0.15, 0.2) is 9.84 Å². The summed E-state index contributed by atoms with van der Waals surface area (Å²) in [6, 6.07) is 4.82. The van der Waals surface area contributed by atoms with Crippen molar-refractivity contribution in [1.82, 2.24) is 5.32 Å². The van der Waals surface area contributed by atoms with Crippen molar-refractivity contribution in [2.75, 3.05) is 18.1 Å². The van der Waals surface area contributed by atoms with Gasteiger partial charge in [0.1, 0.15) is 5.82 Å². The van der Waals surface area contributed by atoms with Gasteiger partial charge in [-0.25, -0.2) is 12.8 Å². The molecule has 0 radical (unpaired) electrons. The molecule has 1 fully saturated rings. The number of benzene rings is 1. The molecule has 0 aliphatic carbocycles. The highest BCUT2D eigenvalue weighted by molar-refractivity contribution is 9.10.